The lowest BCUT2D eigenvalue weighted by Crippen LogP contribution is -2.44. The Morgan fingerprint density at radius 1 is 1.20 bits per heavy atom. The topological polar surface area (TPSA) is 9.23 Å². The third-order valence-electron chi connectivity index (χ3n) is 2.07. The van der Waals surface area contributed by atoms with Crippen molar-refractivity contribution in [2.75, 3.05) is 17.3 Å². The van der Waals surface area contributed by atoms with Crippen LogP contribution in [-0.4, -0.2) is 22.9 Å². The molecule has 0 amide bonds. The molecule has 1 aliphatic rings. The molecule has 1 rings (SSSR count). The zero-order valence-electron chi connectivity index (χ0n) is 5.91. The fourth-order valence-electron chi connectivity index (χ4n) is 1.25. The van der Waals surface area contributed by atoms with Gasteiger partial charge in [0, 0.05) is 10.7 Å². The SMILES string of the molecule is BrCCC1(CCBr)CCO1. The van der Waals surface area contributed by atoms with Crippen molar-refractivity contribution in [2.45, 2.75) is 24.9 Å². The van der Waals surface area contributed by atoms with Crippen LogP contribution in [0.3, 0.4) is 0 Å². The van der Waals surface area contributed by atoms with Gasteiger partial charge in [0.15, 0.2) is 0 Å². The van der Waals surface area contributed by atoms with Crippen LogP contribution in [0.1, 0.15) is 19.3 Å². The molecule has 1 heterocycles. The molecule has 0 aromatic carbocycles. The van der Waals surface area contributed by atoms with Crippen LogP contribution < -0.4 is 0 Å². The quantitative estimate of drug-likeness (QED) is 0.715. The van der Waals surface area contributed by atoms with Gasteiger partial charge in [0.1, 0.15) is 0 Å². The number of halogens is 2. The van der Waals surface area contributed by atoms with E-state index >= 15 is 0 Å². The zero-order valence-corrected chi connectivity index (χ0v) is 9.08. The first-order valence-electron chi connectivity index (χ1n) is 3.59. The smallest absolute Gasteiger partial charge is 0.0720 e. The maximum Gasteiger partial charge on any atom is 0.0720 e. The van der Waals surface area contributed by atoms with E-state index in [9.17, 15) is 0 Å². The fourth-order valence-corrected chi connectivity index (χ4v) is 2.70. The summed E-state index contributed by atoms with van der Waals surface area (Å²) in [6.07, 6.45) is 3.54. The van der Waals surface area contributed by atoms with Crippen molar-refractivity contribution in [3.8, 4) is 0 Å². The van der Waals surface area contributed by atoms with Crippen LogP contribution in [0, 0.1) is 0 Å². The van der Waals surface area contributed by atoms with Crippen LogP contribution in [0.4, 0.5) is 0 Å². The first-order valence-corrected chi connectivity index (χ1v) is 5.83. The molecule has 0 aliphatic carbocycles. The normalized spacial score (nSPS) is 22.2. The number of rotatable bonds is 4. The predicted octanol–water partition coefficient (Wildman–Crippen LogP) is 2.72. The van der Waals surface area contributed by atoms with Gasteiger partial charge >= 0.3 is 0 Å². The van der Waals surface area contributed by atoms with Crippen LogP contribution in [0.25, 0.3) is 0 Å². The largest absolute Gasteiger partial charge is 0.375 e. The van der Waals surface area contributed by atoms with Gasteiger partial charge in [-0.15, -0.1) is 0 Å². The summed E-state index contributed by atoms with van der Waals surface area (Å²) in [7, 11) is 0. The van der Waals surface area contributed by atoms with E-state index in [0.29, 0.717) is 0 Å². The molecular weight excluding hydrogens is 260 g/mol. The Morgan fingerprint density at radius 3 is 1.90 bits per heavy atom. The monoisotopic (exact) mass is 270 g/mol. The minimum atomic E-state index is 0.229. The summed E-state index contributed by atoms with van der Waals surface area (Å²) in [5.41, 5.74) is 0.229. The summed E-state index contributed by atoms with van der Waals surface area (Å²) < 4.78 is 5.54. The lowest BCUT2D eigenvalue weighted by Gasteiger charge is -2.41. The lowest BCUT2D eigenvalue weighted by molar-refractivity contribution is -0.148. The first kappa shape index (κ1) is 9.01. The van der Waals surface area contributed by atoms with Crippen LogP contribution in [0.2, 0.25) is 0 Å². The first-order chi connectivity index (χ1) is 4.83. The van der Waals surface area contributed by atoms with Crippen molar-refractivity contribution in [2.24, 2.45) is 0 Å². The Bertz CT molecular complexity index is 93.8. The molecule has 10 heavy (non-hydrogen) atoms. The van der Waals surface area contributed by atoms with Crippen molar-refractivity contribution in [3.05, 3.63) is 0 Å². The summed E-state index contributed by atoms with van der Waals surface area (Å²) in [5.74, 6) is 0. The summed E-state index contributed by atoms with van der Waals surface area (Å²) in [6, 6.07) is 0. The molecule has 0 bridgehead atoms. The van der Waals surface area contributed by atoms with Crippen molar-refractivity contribution in [3.63, 3.8) is 0 Å². The Kier molecular flexibility index (Phi) is 3.67. The molecule has 0 atom stereocenters. The Balaban J connectivity index is 2.27. The van der Waals surface area contributed by atoms with Gasteiger partial charge in [-0.1, -0.05) is 31.9 Å². The van der Waals surface area contributed by atoms with E-state index in [4.69, 9.17) is 4.74 Å². The highest BCUT2D eigenvalue weighted by molar-refractivity contribution is 9.09. The molecule has 1 aliphatic heterocycles. The molecule has 60 valence electrons. The van der Waals surface area contributed by atoms with E-state index in [1.165, 1.54) is 6.42 Å². The molecule has 0 aromatic rings. The molecule has 0 unspecified atom stereocenters. The minimum Gasteiger partial charge on any atom is -0.375 e. The van der Waals surface area contributed by atoms with Crippen molar-refractivity contribution in [1.82, 2.24) is 0 Å². The third-order valence-corrected chi connectivity index (χ3v) is 2.86. The van der Waals surface area contributed by atoms with E-state index in [1.54, 1.807) is 0 Å². The highest BCUT2D eigenvalue weighted by Gasteiger charge is 2.36. The van der Waals surface area contributed by atoms with E-state index in [1.807, 2.05) is 0 Å². The van der Waals surface area contributed by atoms with Crippen molar-refractivity contribution in [1.29, 1.82) is 0 Å². The van der Waals surface area contributed by atoms with Gasteiger partial charge in [0.2, 0.25) is 0 Å². The zero-order chi connectivity index (χ0) is 7.45. The van der Waals surface area contributed by atoms with Crippen molar-refractivity contribution < 1.29 is 4.74 Å². The number of hydrogen-bond acceptors (Lipinski definition) is 1. The van der Waals surface area contributed by atoms with Gasteiger partial charge in [0.25, 0.3) is 0 Å². The van der Waals surface area contributed by atoms with Gasteiger partial charge in [-0.3, -0.25) is 0 Å². The molecule has 0 spiro atoms. The van der Waals surface area contributed by atoms with E-state index in [0.717, 1.165) is 30.1 Å². The molecule has 1 fully saturated rings. The van der Waals surface area contributed by atoms with Gasteiger partial charge < -0.3 is 4.74 Å². The number of hydrogen-bond donors (Lipinski definition) is 0. The van der Waals surface area contributed by atoms with Crippen LogP contribution in [-0.2, 0) is 4.74 Å². The standard InChI is InChI=1S/C7H12Br2O/c8-4-1-7(2-5-9)3-6-10-7/h1-6H2. The highest BCUT2D eigenvalue weighted by Crippen LogP contribution is 2.34. The second-order valence-electron chi connectivity index (χ2n) is 2.66. The maximum atomic E-state index is 5.54. The van der Waals surface area contributed by atoms with Crippen LogP contribution >= 0.6 is 31.9 Å². The highest BCUT2D eigenvalue weighted by atomic mass is 79.9. The molecule has 3 heteroatoms. The molecule has 0 radical (unpaired) electrons. The van der Waals surface area contributed by atoms with Crippen LogP contribution in [0.5, 0.6) is 0 Å². The Morgan fingerprint density at radius 2 is 1.70 bits per heavy atom. The van der Waals surface area contributed by atoms with Crippen LogP contribution in [0.15, 0.2) is 0 Å². The van der Waals surface area contributed by atoms with Gasteiger partial charge in [0.05, 0.1) is 12.2 Å². The van der Waals surface area contributed by atoms with Gasteiger partial charge in [-0.05, 0) is 19.3 Å². The Hall–Kier alpha value is 0.920. The summed E-state index contributed by atoms with van der Waals surface area (Å²) in [5, 5.41) is 2.11. The van der Waals surface area contributed by atoms with Gasteiger partial charge in [-0.2, -0.15) is 0 Å². The minimum absolute atomic E-state index is 0.229. The summed E-state index contributed by atoms with van der Waals surface area (Å²) in [4.78, 5) is 0. The van der Waals surface area contributed by atoms with E-state index < -0.39 is 0 Å². The third kappa shape index (κ3) is 1.95. The average molecular weight is 272 g/mol. The molecule has 1 saturated heterocycles. The average Bonchev–Trinajstić information content (AvgIpc) is 1.84. The summed E-state index contributed by atoms with van der Waals surface area (Å²) in [6.45, 7) is 0.958. The number of alkyl halides is 2. The Labute approximate surface area is 78.8 Å². The predicted molar refractivity (Wildman–Crippen MR) is 50.1 cm³/mol. The second kappa shape index (κ2) is 4.07. The van der Waals surface area contributed by atoms with Gasteiger partial charge in [-0.25, -0.2) is 0 Å². The lowest BCUT2D eigenvalue weighted by atomic mass is 9.89. The molecule has 0 N–H and O–H groups in total. The van der Waals surface area contributed by atoms with Crippen molar-refractivity contribution >= 4 is 31.9 Å². The molecule has 1 nitrogen and oxygen atoms in total. The molecule has 0 aromatic heterocycles. The summed E-state index contributed by atoms with van der Waals surface area (Å²) >= 11 is 6.87. The fraction of sp³-hybridized carbons (Fsp3) is 1.00. The molecule has 0 saturated carbocycles. The maximum absolute atomic E-state index is 5.54. The second-order valence-corrected chi connectivity index (χ2v) is 4.25. The van der Waals surface area contributed by atoms with E-state index in [-0.39, 0.29) is 5.60 Å². The number of ether oxygens (including phenoxy) is 1. The molecular formula is C7H12Br2O. The van der Waals surface area contributed by atoms with E-state index in [2.05, 4.69) is 31.9 Å².